The normalized spacial score (nSPS) is 10.5. The lowest BCUT2D eigenvalue weighted by Crippen LogP contribution is -2.18. The van der Waals surface area contributed by atoms with Gasteiger partial charge in [0.15, 0.2) is 0 Å². The summed E-state index contributed by atoms with van der Waals surface area (Å²) in [5.41, 5.74) is 0. The number of esters is 1. The van der Waals surface area contributed by atoms with Crippen LogP contribution in [0.1, 0.15) is 34.6 Å². The van der Waals surface area contributed by atoms with Gasteiger partial charge in [0.1, 0.15) is 6.10 Å². The average molecular weight is 224 g/mol. The quantitative estimate of drug-likeness (QED) is 0.588. The lowest BCUT2D eigenvalue weighted by molar-refractivity contribution is -0.151. The highest BCUT2D eigenvalue weighted by Gasteiger charge is 2.07. The summed E-state index contributed by atoms with van der Waals surface area (Å²) >= 11 is 0. The van der Waals surface area contributed by atoms with E-state index >= 15 is 0 Å². The molecule has 15 heavy (non-hydrogen) atoms. The van der Waals surface area contributed by atoms with Crippen molar-refractivity contribution in [3.05, 3.63) is 0 Å². The molecule has 3 N–H and O–H groups in total. The van der Waals surface area contributed by atoms with E-state index in [1.165, 1.54) is 6.92 Å². The van der Waals surface area contributed by atoms with Gasteiger partial charge in [-0.25, -0.2) is 4.79 Å². The number of aliphatic hydroxyl groups is 3. The maximum absolute atomic E-state index is 10.3. The minimum atomic E-state index is -0.991. The van der Waals surface area contributed by atoms with E-state index in [4.69, 9.17) is 15.3 Å². The van der Waals surface area contributed by atoms with Crippen LogP contribution < -0.4 is 0 Å². The van der Waals surface area contributed by atoms with Crippen LogP contribution in [0, 0.1) is 0 Å². The van der Waals surface area contributed by atoms with Crippen LogP contribution in [0.2, 0.25) is 0 Å². The highest BCUT2D eigenvalue weighted by molar-refractivity contribution is 5.73. The van der Waals surface area contributed by atoms with Crippen molar-refractivity contribution in [3.63, 3.8) is 0 Å². The molecule has 1 unspecified atom stereocenters. The SMILES string of the molecule is CC(C)O.CCO.CCOC(=O)C(C)O. The summed E-state index contributed by atoms with van der Waals surface area (Å²) in [5, 5.41) is 24.1. The number of carbonyl (C=O) groups excluding carboxylic acids is 1. The summed E-state index contributed by atoms with van der Waals surface area (Å²) in [6.07, 6.45) is -1.16. The van der Waals surface area contributed by atoms with Crippen molar-refractivity contribution in [1.29, 1.82) is 0 Å². The molecule has 0 aliphatic carbocycles. The van der Waals surface area contributed by atoms with Crippen molar-refractivity contribution < 1.29 is 24.9 Å². The van der Waals surface area contributed by atoms with E-state index in [0.717, 1.165) is 0 Å². The van der Waals surface area contributed by atoms with E-state index in [2.05, 4.69) is 4.74 Å². The smallest absolute Gasteiger partial charge is 0.334 e. The number of hydrogen-bond donors (Lipinski definition) is 3. The molecule has 94 valence electrons. The Bertz CT molecular complexity index is 120. The van der Waals surface area contributed by atoms with Gasteiger partial charge in [0, 0.05) is 12.7 Å². The van der Waals surface area contributed by atoms with Gasteiger partial charge in [-0.2, -0.15) is 0 Å². The molecule has 0 saturated heterocycles. The van der Waals surface area contributed by atoms with Gasteiger partial charge in [-0.15, -0.1) is 0 Å². The zero-order valence-corrected chi connectivity index (χ0v) is 10.2. The molecule has 0 heterocycles. The van der Waals surface area contributed by atoms with E-state index in [1.807, 2.05) is 0 Å². The van der Waals surface area contributed by atoms with Gasteiger partial charge in [0.05, 0.1) is 6.61 Å². The van der Waals surface area contributed by atoms with Crippen LogP contribution in [-0.4, -0.2) is 46.7 Å². The Morgan fingerprint density at radius 3 is 1.53 bits per heavy atom. The second kappa shape index (κ2) is 15.8. The van der Waals surface area contributed by atoms with Crippen LogP contribution in [0.4, 0.5) is 0 Å². The summed E-state index contributed by atoms with van der Waals surface area (Å²) in [5.74, 6) is -0.562. The lowest BCUT2D eigenvalue weighted by atomic mass is 10.4. The second-order valence-corrected chi connectivity index (χ2v) is 2.84. The first-order chi connectivity index (χ1) is 6.83. The molecule has 0 rings (SSSR count). The molecule has 0 saturated carbocycles. The summed E-state index contributed by atoms with van der Waals surface area (Å²) in [6.45, 7) is 8.77. The van der Waals surface area contributed by atoms with Gasteiger partial charge in [-0.1, -0.05) is 0 Å². The van der Waals surface area contributed by atoms with Gasteiger partial charge in [-0.3, -0.25) is 0 Å². The van der Waals surface area contributed by atoms with E-state index in [-0.39, 0.29) is 12.7 Å². The highest BCUT2D eigenvalue weighted by Crippen LogP contribution is 1.84. The number of carbonyl (C=O) groups is 1. The third-order valence-corrected chi connectivity index (χ3v) is 0.628. The van der Waals surface area contributed by atoms with E-state index in [9.17, 15) is 4.79 Å². The first-order valence-electron chi connectivity index (χ1n) is 4.96. The third-order valence-electron chi connectivity index (χ3n) is 0.628. The minimum Gasteiger partial charge on any atom is -0.464 e. The molecule has 0 aromatic rings. The summed E-state index contributed by atoms with van der Waals surface area (Å²) < 4.78 is 4.41. The minimum absolute atomic E-state index is 0.167. The van der Waals surface area contributed by atoms with Crippen molar-refractivity contribution in [1.82, 2.24) is 0 Å². The fourth-order valence-corrected chi connectivity index (χ4v) is 0.263. The zero-order valence-electron chi connectivity index (χ0n) is 10.2. The van der Waals surface area contributed by atoms with Crippen molar-refractivity contribution in [3.8, 4) is 0 Å². The molecule has 0 radical (unpaired) electrons. The molecule has 0 aromatic carbocycles. The molecule has 5 heteroatoms. The average Bonchev–Trinajstić information content (AvgIpc) is 2.04. The van der Waals surface area contributed by atoms with Crippen molar-refractivity contribution in [2.75, 3.05) is 13.2 Å². The molecule has 5 nitrogen and oxygen atoms in total. The number of rotatable bonds is 2. The van der Waals surface area contributed by atoms with Crippen molar-refractivity contribution in [2.24, 2.45) is 0 Å². The number of hydrogen-bond acceptors (Lipinski definition) is 5. The van der Waals surface area contributed by atoms with Crippen LogP contribution in [0.5, 0.6) is 0 Å². The standard InChI is InChI=1S/C5H10O3.C3H8O.C2H6O/c1-3-8-5(7)4(2)6;1-3(2)4;1-2-3/h4,6H,3H2,1-2H3;3-4H,1-2H3;3H,2H2,1H3. The van der Waals surface area contributed by atoms with Crippen LogP contribution in [0.25, 0.3) is 0 Å². The highest BCUT2D eigenvalue weighted by atomic mass is 16.5. The van der Waals surface area contributed by atoms with Gasteiger partial charge < -0.3 is 20.1 Å². The predicted molar refractivity (Wildman–Crippen MR) is 58.4 cm³/mol. The Morgan fingerprint density at radius 1 is 1.20 bits per heavy atom. The van der Waals surface area contributed by atoms with Gasteiger partial charge >= 0.3 is 5.97 Å². The zero-order chi connectivity index (χ0) is 12.9. The van der Waals surface area contributed by atoms with Crippen LogP contribution >= 0.6 is 0 Å². The fraction of sp³-hybridized carbons (Fsp3) is 0.900. The Morgan fingerprint density at radius 2 is 1.47 bits per heavy atom. The van der Waals surface area contributed by atoms with Crippen LogP contribution in [-0.2, 0) is 9.53 Å². The van der Waals surface area contributed by atoms with Crippen molar-refractivity contribution in [2.45, 2.75) is 46.8 Å². The lowest BCUT2D eigenvalue weighted by Gasteiger charge is -2.01. The first-order valence-corrected chi connectivity index (χ1v) is 4.96. The van der Waals surface area contributed by atoms with E-state index < -0.39 is 12.1 Å². The van der Waals surface area contributed by atoms with Gasteiger partial charge in [-0.05, 0) is 34.6 Å². The van der Waals surface area contributed by atoms with Crippen LogP contribution in [0.3, 0.4) is 0 Å². The second-order valence-electron chi connectivity index (χ2n) is 2.84. The molecule has 0 spiro atoms. The monoisotopic (exact) mass is 224 g/mol. The van der Waals surface area contributed by atoms with E-state index in [0.29, 0.717) is 6.61 Å². The summed E-state index contributed by atoms with van der Waals surface area (Å²) in [7, 11) is 0. The molecule has 0 amide bonds. The van der Waals surface area contributed by atoms with Gasteiger partial charge in [0.2, 0.25) is 0 Å². The molecule has 0 aliphatic heterocycles. The molecular formula is C10H24O5. The van der Waals surface area contributed by atoms with Crippen LogP contribution in [0.15, 0.2) is 0 Å². The fourth-order valence-electron chi connectivity index (χ4n) is 0.263. The maximum Gasteiger partial charge on any atom is 0.334 e. The Kier molecular flexibility index (Phi) is 20.9. The summed E-state index contributed by atoms with van der Waals surface area (Å²) in [6, 6.07) is 0. The Labute approximate surface area is 91.7 Å². The van der Waals surface area contributed by atoms with Gasteiger partial charge in [0.25, 0.3) is 0 Å². The maximum atomic E-state index is 10.3. The Balaban J connectivity index is -0.000000173. The molecule has 0 fully saturated rings. The molecule has 0 bridgehead atoms. The molecular weight excluding hydrogens is 200 g/mol. The molecule has 0 aromatic heterocycles. The molecule has 1 atom stereocenters. The molecule has 0 aliphatic rings. The topological polar surface area (TPSA) is 87.0 Å². The summed E-state index contributed by atoms with van der Waals surface area (Å²) in [4.78, 5) is 10.3. The number of ether oxygens (including phenoxy) is 1. The Hall–Kier alpha value is -0.650. The first kappa shape index (κ1) is 19.9. The van der Waals surface area contributed by atoms with Crippen molar-refractivity contribution >= 4 is 5.97 Å². The largest absolute Gasteiger partial charge is 0.464 e. The van der Waals surface area contributed by atoms with E-state index in [1.54, 1.807) is 27.7 Å². The third kappa shape index (κ3) is 42.7. The number of aliphatic hydroxyl groups excluding tert-OH is 3. The predicted octanol–water partition coefficient (Wildman–Crippen LogP) is 0.316.